The van der Waals surface area contributed by atoms with Gasteiger partial charge >= 0.3 is 6.18 Å². The van der Waals surface area contributed by atoms with Gasteiger partial charge < -0.3 is 14.4 Å². The van der Waals surface area contributed by atoms with Crippen molar-refractivity contribution in [2.75, 3.05) is 0 Å². The molecular weight excluding hydrogens is 447 g/mol. The van der Waals surface area contributed by atoms with Gasteiger partial charge in [-0.25, -0.2) is 0 Å². The van der Waals surface area contributed by atoms with Crippen LogP contribution in [0.5, 0.6) is 5.75 Å². The molecule has 1 N–H and O–H groups in total. The van der Waals surface area contributed by atoms with Crippen LogP contribution in [-0.4, -0.2) is 31.8 Å². The van der Waals surface area contributed by atoms with Crippen LogP contribution in [0.15, 0.2) is 42.5 Å². The van der Waals surface area contributed by atoms with E-state index in [9.17, 15) is 23.1 Å². The quantitative estimate of drug-likeness (QED) is 0.514. The molecule has 0 saturated heterocycles. The van der Waals surface area contributed by atoms with Gasteiger partial charge in [-0.1, -0.05) is 29.8 Å². The lowest BCUT2D eigenvalue weighted by Crippen LogP contribution is -2.30. The molecule has 0 fully saturated rings. The molecule has 0 bridgehead atoms. The number of ketones is 1. The number of aliphatic hydroxyl groups excluding tert-OH is 1. The zero-order valence-corrected chi connectivity index (χ0v) is 18.5. The first kappa shape index (κ1) is 23.7. The van der Waals surface area contributed by atoms with Crippen LogP contribution in [0, 0.1) is 0 Å². The van der Waals surface area contributed by atoms with Crippen LogP contribution in [-0.2, 0) is 18.8 Å². The lowest BCUT2D eigenvalue weighted by molar-refractivity contribution is -0.137. The number of ether oxygens (including phenoxy) is 1. The number of rotatable bonds is 6. The minimum Gasteiger partial charge on any atom is -0.479 e. The van der Waals surface area contributed by atoms with Gasteiger partial charge in [-0.15, -0.1) is 10.2 Å². The van der Waals surface area contributed by atoms with E-state index in [0.29, 0.717) is 0 Å². The number of hydrogen-bond donors (Lipinski definition) is 1. The molecule has 3 rings (SSSR count). The Balaban J connectivity index is 2.03. The monoisotopic (exact) mass is 467 g/mol. The van der Waals surface area contributed by atoms with Gasteiger partial charge in [0.05, 0.1) is 11.1 Å². The summed E-state index contributed by atoms with van der Waals surface area (Å²) in [4.78, 5) is 12.4. The SMILES string of the molecule is CC(O)C(=O)c1cc(Cl)ccc1OC(C)(C)c1nnc(-c2ccccc2C(F)(F)F)n1C. The molecule has 0 saturated carbocycles. The molecule has 1 atom stereocenters. The zero-order valence-electron chi connectivity index (χ0n) is 17.7. The molecule has 32 heavy (non-hydrogen) atoms. The topological polar surface area (TPSA) is 77.2 Å². The predicted octanol–water partition coefficient (Wildman–Crippen LogP) is 5.03. The smallest absolute Gasteiger partial charge is 0.417 e. The zero-order chi connectivity index (χ0) is 23.8. The minimum atomic E-state index is -4.56. The summed E-state index contributed by atoms with van der Waals surface area (Å²) in [6, 6.07) is 9.48. The maximum Gasteiger partial charge on any atom is 0.417 e. The number of aliphatic hydroxyl groups is 1. The van der Waals surface area contributed by atoms with E-state index in [2.05, 4.69) is 10.2 Å². The number of halogens is 4. The van der Waals surface area contributed by atoms with Gasteiger partial charge in [0.25, 0.3) is 0 Å². The fraction of sp³-hybridized carbons (Fsp3) is 0.318. The Morgan fingerprint density at radius 1 is 1.16 bits per heavy atom. The first-order valence-corrected chi connectivity index (χ1v) is 9.98. The first-order chi connectivity index (χ1) is 14.8. The molecule has 0 spiro atoms. The Morgan fingerprint density at radius 2 is 1.81 bits per heavy atom. The molecule has 0 amide bonds. The highest BCUT2D eigenvalue weighted by Gasteiger charge is 2.36. The van der Waals surface area contributed by atoms with Gasteiger partial charge in [-0.3, -0.25) is 4.79 Å². The number of hydrogen-bond acceptors (Lipinski definition) is 5. The third-order valence-corrected chi connectivity index (χ3v) is 5.07. The van der Waals surface area contributed by atoms with Crippen molar-refractivity contribution in [3.63, 3.8) is 0 Å². The van der Waals surface area contributed by atoms with Crippen LogP contribution >= 0.6 is 11.6 Å². The Labute approximate surface area is 187 Å². The number of aromatic nitrogens is 3. The highest BCUT2D eigenvalue weighted by molar-refractivity contribution is 6.31. The second kappa shape index (κ2) is 8.55. The number of benzene rings is 2. The van der Waals surface area contributed by atoms with E-state index in [1.165, 1.54) is 54.9 Å². The van der Waals surface area contributed by atoms with Crippen LogP contribution in [0.4, 0.5) is 13.2 Å². The Hall–Kier alpha value is -2.91. The predicted molar refractivity (Wildman–Crippen MR) is 113 cm³/mol. The van der Waals surface area contributed by atoms with Crippen LogP contribution in [0.1, 0.15) is 42.5 Å². The number of carbonyl (C=O) groups excluding carboxylic acids is 1. The lowest BCUT2D eigenvalue weighted by Gasteiger charge is -2.27. The summed E-state index contributed by atoms with van der Waals surface area (Å²) in [6.45, 7) is 4.61. The third-order valence-electron chi connectivity index (χ3n) is 4.84. The number of Topliss-reactive ketones (excluding diaryl/α,β-unsaturated/α-hetero) is 1. The molecule has 2 aromatic carbocycles. The molecule has 0 aliphatic rings. The van der Waals surface area contributed by atoms with Crippen molar-refractivity contribution < 1.29 is 27.8 Å². The average Bonchev–Trinajstić information content (AvgIpc) is 3.10. The van der Waals surface area contributed by atoms with Crippen LogP contribution in [0.3, 0.4) is 0 Å². The van der Waals surface area contributed by atoms with Crippen molar-refractivity contribution in [2.24, 2.45) is 7.05 Å². The summed E-state index contributed by atoms with van der Waals surface area (Å²) in [5.74, 6) is -0.197. The van der Waals surface area contributed by atoms with Gasteiger partial charge in [0.2, 0.25) is 0 Å². The van der Waals surface area contributed by atoms with E-state index in [0.717, 1.165) is 6.07 Å². The molecule has 0 radical (unpaired) electrons. The van der Waals surface area contributed by atoms with E-state index >= 15 is 0 Å². The summed E-state index contributed by atoms with van der Waals surface area (Å²) >= 11 is 5.99. The summed E-state index contributed by atoms with van der Waals surface area (Å²) in [7, 11) is 1.53. The van der Waals surface area contributed by atoms with E-state index < -0.39 is 29.2 Å². The molecular formula is C22H21ClF3N3O3. The highest BCUT2D eigenvalue weighted by atomic mass is 35.5. The minimum absolute atomic E-state index is 0.0148. The summed E-state index contributed by atoms with van der Waals surface area (Å²) in [6.07, 6.45) is -5.84. The second-order valence-corrected chi connectivity index (χ2v) is 8.18. The van der Waals surface area contributed by atoms with Crippen molar-refractivity contribution >= 4 is 17.4 Å². The molecule has 170 valence electrons. The van der Waals surface area contributed by atoms with E-state index in [-0.39, 0.29) is 33.5 Å². The molecule has 0 aliphatic heterocycles. The van der Waals surface area contributed by atoms with Crippen LogP contribution in [0.25, 0.3) is 11.4 Å². The Kier molecular flexibility index (Phi) is 6.35. The first-order valence-electron chi connectivity index (χ1n) is 9.60. The van der Waals surface area contributed by atoms with Gasteiger partial charge in [-0.2, -0.15) is 13.2 Å². The van der Waals surface area contributed by atoms with Gasteiger partial charge in [0.1, 0.15) is 11.9 Å². The largest absolute Gasteiger partial charge is 0.479 e. The maximum absolute atomic E-state index is 13.5. The highest BCUT2D eigenvalue weighted by Crippen LogP contribution is 2.38. The van der Waals surface area contributed by atoms with E-state index in [4.69, 9.17) is 16.3 Å². The Morgan fingerprint density at radius 3 is 2.44 bits per heavy atom. The van der Waals surface area contributed by atoms with Crippen molar-refractivity contribution in [3.8, 4) is 17.1 Å². The van der Waals surface area contributed by atoms with E-state index in [1.54, 1.807) is 13.8 Å². The third kappa shape index (κ3) is 4.63. The lowest BCUT2D eigenvalue weighted by atomic mass is 10.0. The van der Waals surface area contributed by atoms with Gasteiger partial charge in [0.15, 0.2) is 23.0 Å². The van der Waals surface area contributed by atoms with Crippen LogP contribution in [0.2, 0.25) is 5.02 Å². The molecule has 3 aromatic rings. The Bertz CT molecular complexity index is 1160. The summed E-state index contributed by atoms with van der Waals surface area (Å²) in [5, 5.41) is 18.0. The molecule has 6 nitrogen and oxygen atoms in total. The fourth-order valence-corrected chi connectivity index (χ4v) is 3.51. The summed E-state index contributed by atoms with van der Waals surface area (Å²) in [5.41, 5.74) is -2.07. The van der Waals surface area contributed by atoms with Crippen molar-refractivity contribution in [1.29, 1.82) is 0 Å². The van der Waals surface area contributed by atoms with E-state index in [1.807, 2.05) is 0 Å². The van der Waals surface area contributed by atoms with Gasteiger partial charge in [0, 0.05) is 17.6 Å². The van der Waals surface area contributed by atoms with Crippen molar-refractivity contribution in [1.82, 2.24) is 14.8 Å². The van der Waals surface area contributed by atoms with Crippen LogP contribution < -0.4 is 4.74 Å². The standard InChI is InChI=1S/C22H21ClF3N3O3/c1-12(30)18(31)15-11-13(23)9-10-17(15)32-21(2,3)20-28-27-19(29(20)4)14-7-5-6-8-16(14)22(24,25)26/h5-12,30H,1-4H3. The molecule has 1 heterocycles. The van der Waals surface area contributed by atoms with Crippen molar-refractivity contribution in [3.05, 3.63) is 64.4 Å². The molecule has 10 heteroatoms. The fourth-order valence-electron chi connectivity index (χ4n) is 3.34. The maximum atomic E-state index is 13.5. The number of alkyl halides is 3. The van der Waals surface area contributed by atoms with Crippen molar-refractivity contribution in [2.45, 2.75) is 38.7 Å². The number of carbonyl (C=O) groups is 1. The second-order valence-electron chi connectivity index (χ2n) is 7.74. The molecule has 1 aromatic heterocycles. The molecule has 0 aliphatic carbocycles. The van der Waals surface area contributed by atoms with Gasteiger partial charge in [-0.05, 0) is 45.0 Å². The number of nitrogens with zero attached hydrogens (tertiary/aromatic N) is 3. The average molecular weight is 468 g/mol. The normalized spacial score (nSPS) is 13.2. The summed E-state index contributed by atoms with van der Waals surface area (Å²) < 4.78 is 47.8. The molecule has 1 unspecified atom stereocenters.